The number of aromatic nitrogens is 1. The maximum Gasteiger partial charge on any atom is 0.181 e. The summed E-state index contributed by atoms with van der Waals surface area (Å²) in [6.07, 6.45) is 0. The first-order chi connectivity index (χ1) is 9.24. The Morgan fingerprint density at radius 2 is 1.68 bits per heavy atom. The van der Waals surface area contributed by atoms with Gasteiger partial charge in [-0.2, -0.15) is 0 Å². The lowest BCUT2D eigenvalue weighted by Crippen LogP contribution is -1.84. The fraction of sp³-hybridized carbons (Fsp3) is 0. The van der Waals surface area contributed by atoms with E-state index in [1.165, 1.54) is 11.3 Å². The van der Waals surface area contributed by atoms with Crippen molar-refractivity contribution in [3.8, 4) is 21.7 Å². The lowest BCUT2D eigenvalue weighted by molar-refractivity contribution is 1.41. The second-order valence-electron chi connectivity index (χ2n) is 4.11. The molecule has 0 aliphatic rings. The summed E-state index contributed by atoms with van der Waals surface area (Å²) in [5.41, 5.74) is 8.88. The number of nitrogens with zero attached hydrogens (tertiary/aromatic N) is 1. The van der Waals surface area contributed by atoms with Crippen LogP contribution in [0.4, 0.5) is 5.13 Å². The highest BCUT2D eigenvalue weighted by molar-refractivity contribution is 7.19. The van der Waals surface area contributed by atoms with Crippen LogP contribution in [0, 0.1) is 0 Å². The van der Waals surface area contributed by atoms with E-state index in [4.69, 9.17) is 17.3 Å². The van der Waals surface area contributed by atoms with Gasteiger partial charge in [-0.05, 0) is 17.7 Å². The Hall–Kier alpha value is -1.84. The van der Waals surface area contributed by atoms with Gasteiger partial charge in [0.2, 0.25) is 0 Å². The summed E-state index contributed by atoms with van der Waals surface area (Å²) in [5, 5.41) is 1.28. The maximum absolute atomic E-state index is 6.05. The Balaban J connectivity index is 2.18. The number of hydrogen-bond acceptors (Lipinski definition) is 3. The zero-order valence-corrected chi connectivity index (χ0v) is 11.6. The molecule has 94 valence electrons. The van der Waals surface area contributed by atoms with Crippen LogP contribution in [0.3, 0.4) is 0 Å². The SMILES string of the molecule is Nc1nc(-c2ccccc2)c(-c2cccc(Cl)c2)s1. The van der Waals surface area contributed by atoms with E-state index in [0.29, 0.717) is 10.2 Å². The topological polar surface area (TPSA) is 38.9 Å². The molecular formula is C15H11ClN2S. The molecule has 3 rings (SSSR count). The zero-order valence-electron chi connectivity index (χ0n) is 10.0. The largest absolute Gasteiger partial charge is 0.375 e. The Kier molecular flexibility index (Phi) is 3.23. The zero-order chi connectivity index (χ0) is 13.2. The van der Waals surface area contributed by atoms with E-state index in [-0.39, 0.29) is 0 Å². The Morgan fingerprint density at radius 1 is 0.947 bits per heavy atom. The van der Waals surface area contributed by atoms with Crippen LogP contribution in [0.15, 0.2) is 54.6 Å². The number of halogens is 1. The lowest BCUT2D eigenvalue weighted by Gasteiger charge is -2.03. The molecular weight excluding hydrogens is 276 g/mol. The molecule has 3 aromatic rings. The van der Waals surface area contributed by atoms with Gasteiger partial charge in [-0.25, -0.2) is 4.98 Å². The van der Waals surface area contributed by atoms with Crippen molar-refractivity contribution in [2.75, 3.05) is 5.73 Å². The standard InChI is InChI=1S/C15H11ClN2S/c16-12-8-4-7-11(9-12)14-13(18-15(17)19-14)10-5-2-1-3-6-10/h1-9H,(H2,17,18). The monoisotopic (exact) mass is 286 g/mol. The molecule has 2 nitrogen and oxygen atoms in total. The number of rotatable bonds is 2. The molecule has 0 aliphatic carbocycles. The minimum atomic E-state index is 0.564. The first-order valence-electron chi connectivity index (χ1n) is 5.82. The fourth-order valence-corrected chi connectivity index (χ4v) is 3.00. The van der Waals surface area contributed by atoms with E-state index in [1.54, 1.807) is 0 Å². The third-order valence-electron chi connectivity index (χ3n) is 2.78. The highest BCUT2D eigenvalue weighted by Crippen LogP contribution is 2.38. The van der Waals surface area contributed by atoms with Crippen LogP contribution in [0.1, 0.15) is 0 Å². The van der Waals surface area contributed by atoms with E-state index in [1.807, 2.05) is 54.6 Å². The van der Waals surface area contributed by atoms with Crippen molar-refractivity contribution in [1.82, 2.24) is 4.98 Å². The summed E-state index contributed by atoms with van der Waals surface area (Å²) in [7, 11) is 0. The van der Waals surface area contributed by atoms with Gasteiger partial charge in [0.05, 0.1) is 10.6 Å². The summed E-state index contributed by atoms with van der Waals surface area (Å²) in [6, 6.07) is 17.8. The second-order valence-corrected chi connectivity index (χ2v) is 5.57. The predicted octanol–water partition coefficient (Wildman–Crippen LogP) is 4.71. The number of nitrogens with two attached hydrogens (primary N) is 1. The predicted molar refractivity (Wildman–Crippen MR) is 82.4 cm³/mol. The average molecular weight is 287 g/mol. The van der Waals surface area contributed by atoms with E-state index in [2.05, 4.69) is 4.98 Å². The van der Waals surface area contributed by atoms with Crippen molar-refractivity contribution >= 4 is 28.1 Å². The molecule has 0 fully saturated rings. The van der Waals surface area contributed by atoms with E-state index in [0.717, 1.165) is 21.7 Å². The third-order valence-corrected chi connectivity index (χ3v) is 3.95. The average Bonchev–Trinajstić information content (AvgIpc) is 2.82. The summed E-state index contributed by atoms with van der Waals surface area (Å²) in [6.45, 7) is 0. The molecule has 0 saturated heterocycles. The molecule has 0 radical (unpaired) electrons. The molecule has 1 aromatic heterocycles. The van der Waals surface area contributed by atoms with Crippen molar-refractivity contribution in [3.05, 3.63) is 59.6 Å². The molecule has 0 aliphatic heterocycles. The summed E-state index contributed by atoms with van der Waals surface area (Å²) >= 11 is 7.53. The van der Waals surface area contributed by atoms with Gasteiger partial charge in [0.15, 0.2) is 5.13 Å². The van der Waals surface area contributed by atoms with E-state index >= 15 is 0 Å². The van der Waals surface area contributed by atoms with E-state index in [9.17, 15) is 0 Å². The fourth-order valence-electron chi connectivity index (χ4n) is 1.95. The van der Waals surface area contributed by atoms with Crippen LogP contribution in [0.2, 0.25) is 5.02 Å². The van der Waals surface area contributed by atoms with Gasteiger partial charge >= 0.3 is 0 Å². The molecule has 0 amide bonds. The Bertz CT molecular complexity index is 707. The molecule has 4 heteroatoms. The molecule has 0 bridgehead atoms. The maximum atomic E-state index is 6.05. The number of hydrogen-bond donors (Lipinski definition) is 1. The van der Waals surface area contributed by atoms with Crippen molar-refractivity contribution in [3.63, 3.8) is 0 Å². The number of anilines is 1. The van der Waals surface area contributed by atoms with Crippen LogP contribution < -0.4 is 5.73 Å². The Morgan fingerprint density at radius 3 is 2.42 bits per heavy atom. The second kappa shape index (κ2) is 5.03. The molecule has 2 aromatic carbocycles. The van der Waals surface area contributed by atoms with Gasteiger partial charge in [-0.1, -0.05) is 65.4 Å². The van der Waals surface area contributed by atoms with Gasteiger partial charge in [-0.3, -0.25) is 0 Å². The van der Waals surface area contributed by atoms with Crippen molar-refractivity contribution in [1.29, 1.82) is 0 Å². The summed E-state index contributed by atoms with van der Waals surface area (Å²) in [4.78, 5) is 5.49. The quantitative estimate of drug-likeness (QED) is 0.741. The van der Waals surface area contributed by atoms with Crippen LogP contribution >= 0.6 is 22.9 Å². The molecule has 0 saturated carbocycles. The van der Waals surface area contributed by atoms with Crippen LogP contribution in [0.5, 0.6) is 0 Å². The number of benzene rings is 2. The first-order valence-corrected chi connectivity index (χ1v) is 7.01. The van der Waals surface area contributed by atoms with Gasteiger partial charge < -0.3 is 5.73 Å². The highest BCUT2D eigenvalue weighted by Gasteiger charge is 2.13. The minimum Gasteiger partial charge on any atom is -0.375 e. The molecule has 19 heavy (non-hydrogen) atoms. The lowest BCUT2D eigenvalue weighted by atomic mass is 10.1. The molecule has 2 N–H and O–H groups in total. The van der Waals surface area contributed by atoms with Gasteiger partial charge in [0.25, 0.3) is 0 Å². The third kappa shape index (κ3) is 2.48. The van der Waals surface area contributed by atoms with Gasteiger partial charge in [0, 0.05) is 10.6 Å². The highest BCUT2D eigenvalue weighted by atomic mass is 35.5. The van der Waals surface area contributed by atoms with Crippen LogP contribution in [0.25, 0.3) is 21.7 Å². The van der Waals surface area contributed by atoms with Crippen molar-refractivity contribution in [2.24, 2.45) is 0 Å². The van der Waals surface area contributed by atoms with Crippen molar-refractivity contribution < 1.29 is 0 Å². The van der Waals surface area contributed by atoms with Crippen LogP contribution in [-0.4, -0.2) is 4.98 Å². The van der Waals surface area contributed by atoms with Gasteiger partial charge in [-0.15, -0.1) is 0 Å². The molecule has 1 heterocycles. The molecule has 0 unspecified atom stereocenters. The minimum absolute atomic E-state index is 0.564. The summed E-state index contributed by atoms with van der Waals surface area (Å²) in [5.74, 6) is 0. The Labute approximate surface area is 120 Å². The van der Waals surface area contributed by atoms with Crippen LogP contribution in [-0.2, 0) is 0 Å². The summed E-state index contributed by atoms with van der Waals surface area (Å²) < 4.78 is 0. The molecule has 0 spiro atoms. The number of thiazole rings is 1. The van der Waals surface area contributed by atoms with Crippen molar-refractivity contribution in [2.45, 2.75) is 0 Å². The smallest absolute Gasteiger partial charge is 0.181 e. The number of nitrogen functional groups attached to an aromatic ring is 1. The molecule has 0 atom stereocenters. The normalized spacial score (nSPS) is 10.6. The van der Waals surface area contributed by atoms with E-state index < -0.39 is 0 Å². The van der Waals surface area contributed by atoms with Gasteiger partial charge in [0.1, 0.15) is 0 Å². The first kappa shape index (κ1) is 12.2.